The average molecular weight is 224 g/mol. The van der Waals surface area contributed by atoms with Gasteiger partial charge in [0.1, 0.15) is 0 Å². The molecule has 2 heteroatoms. The molecule has 2 bridgehead atoms. The Hall–Kier alpha value is -0.0800. The molecule has 2 aliphatic carbocycles. The van der Waals surface area contributed by atoms with E-state index in [0.29, 0.717) is 16.9 Å². The molecule has 0 aromatic rings. The molecule has 92 valence electrons. The maximum atomic E-state index is 5.97. The Morgan fingerprint density at radius 2 is 2.00 bits per heavy atom. The van der Waals surface area contributed by atoms with E-state index in [1.165, 1.54) is 38.5 Å². The third-order valence-corrected chi connectivity index (χ3v) is 5.63. The molecule has 1 saturated heterocycles. The van der Waals surface area contributed by atoms with Gasteiger partial charge in [-0.2, -0.15) is 0 Å². The van der Waals surface area contributed by atoms with Gasteiger partial charge in [0.2, 0.25) is 0 Å². The SMILES string of the molecule is CCC1(C(OC)C23CCC(CC2)C3)COC1. The summed E-state index contributed by atoms with van der Waals surface area (Å²) in [4.78, 5) is 0. The van der Waals surface area contributed by atoms with E-state index < -0.39 is 0 Å². The van der Waals surface area contributed by atoms with Gasteiger partial charge in [-0.25, -0.2) is 0 Å². The van der Waals surface area contributed by atoms with Crippen molar-refractivity contribution >= 4 is 0 Å². The molecule has 0 aromatic heterocycles. The molecule has 3 aliphatic rings. The maximum Gasteiger partial charge on any atom is 0.0727 e. The first-order valence-electron chi connectivity index (χ1n) is 6.85. The fourth-order valence-corrected chi connectivity index (χ4v) is 4.66. The molecule has 3 rings (SSSR count). The van der Waals surface area contributed by atoms with E-state index in [0.717, 1.165) is 19.1 Å². The van der Waals surface area contributed by atoms with Gasteiger partial charge in [0, 0.05) is 12.5 Å². The second kappa shape index (κ2) is 3.71. The molecular weight excluding hydrogens is 200 g/mol. The molecule has 3 fully saturated rings. The molecular formula is C14H24O2. The van der Waals surface area contributed by atoms with Crippen LogP contribution in [0.4, 0.5) is 0 Å². The van der Waals surface area contributed by atoms with Crippen molar-refractivity contribution in [1.29, 1.82) is 0 Å². The highest BCUT2D eigenvalue weighted by molar-refractivity contribution is 5.07. The Balaban J connectivity index is 1.85. The first kappa shape index (κ1) is 11.0. The van der Waals surface area contributed by atoms with Crippen LogP contribution >= 0.6 is 0 Å². The van der Waals surface area contributed by atoms with Gasteiger partial charge in [-0.05, 0) is 49.9 Å². The fourth-order valence-electron chi connectivity index (χ4n) is 4.66. The zero-order valence-corrected chi connectivity index (χ0v) is 10.6. The van der Waals surface area contributed by atoms with Gasteiger partial charge in [0.25, 0.3) is 0 Å². The van der Waals surface area contributed by atoms with Gasteiger partial charge in [-0.15, -0.1) is 0 Å². The average Bonchev–Trinajstić information content (AvgIpc) is 2.83. The normalized spacial score (nSPS) is 42.0. The van der Waals surface area contributed by atoms with Gasteiger partial charge in [0.15, 0.2) is 0 Å². The molecule has 0 spiro atoms. The van der Waals surface area contributed by atoms with Gasteiger partial charge in [0.05, 0.1) is 19.3 Å². The molecule has 1 aliphatic heterocycles. The third-order valence-electron chi connectivity index (χ3n) is 5.63. The number of fused-ring (bicyclic) bond motifs is 2. The fraction of sp³-hybridized carbons (Fsp3) is 1.00. The van der Waals surface area contributed by atoms with E-state index in [9.17, 15) is 0 Å². The number of methoxy groups -OCH3 is 1. The summed E-state index contributed by atoms with van der Waals surface area (Å²) in [5.41, 5.74) is 0.854. The highest BCUT2D eigenvalue weighted by atomic mass is 16.5. The lowest BCUT2D eigenvalue weighted by Crippen LogP contribution is -2.57. The minimum absolute atomic E-state index is 0.341. The Morgan fingerprint density at radius 1 is 1.31 bits per heavy atom. The second-order valence-corrected chi connectivity index (χ2v) is 6.33. The lowest BCUT2D eigenvalue weighted by Gasteiger charge is -2.52. The lowest BCUT2D eigenvalue weighted by atomic mass is 9.64. The lowest BCUT2D eigenvalue weighted by molar-refractivity contribution is -0.215. The summed E-state index contributed by atoms with van der Waals surface area (Å²) in [7, 11) is 1.92. The van der Waals surface area contributed by atoms with Gasteiger partial charge in [-0.1, -0.05) is 6.92 Å². The van der Waals surface area contributed by atoms with Crippen LogP contribution in [0.1, 0.15) is 45.4 Å². The van der Waals surface area contributed by atoms with Crippen LogP contribution in [0.3, 0.4) is 0 Å². The van der Waals surface area contributed by atoms with Crippen LogP contribution in [0.5, 0.6) is 0 Å². The summed E-state index contributed by atoms with van der Waals surface area (Å²) in [5.74, 6) is 1.01. The summed E-state index contributed by atoms with van der Waals surface area (Å²) in [5, 5.41) is 0. The smallest absolute Gasteiger partial charge is 0.0727 e. The van der Waals surface area contributed by atoms with Crippen molar-refractivity contribution in [2.45, 2.75) is 51.6 Å². The molecule has 1 atom stereocenters. The van der Waals surface area contributed by atoms with E-state index in [4.69, 9.17) is 9.47 Å². The summed E-state index contributed by atoms with van der Waals surface area (Å²) in [6, 6.07) is 0. The summed E-state index contributed by atoms with van der Waals surface area (Å²) < 4.78 is 11.5. The zero-order chi connectivity index (χ0) is 11.2. The largest absolute Gasteiger partial charge is 0.380 e. The molecule has 1 unspecified atom stereocenters. The Labute approximate surface area is 98.7 Å². The van der Waals surface area contributed by atoms with Gasteiger partial charge < -0.3 is 9.47 Å². The third kappa shape index (κ3) is 1.32. The van der Waals surface area contributed by atoms with Crippen molar-refractivity contribution in [3.8, 4) is 0 Å². The van der Waals surface area contributed by atoms with E-state index in [-0.39, 0.29) is 0 Å². The van der Waals surface area contributed by atoms with Crippen LogP contribution in [0, 0.1) is 16.7 Å². The van der Waals surface area contributed by atoms with E-state index in [1.54, 1.807) is 0 Å². The molecule has 1 heterocycles. The molecule has 2 saturated carbocycles. The maximum absolute atomic E-state index is 5.97. The monoisotopic (exact) mass is 224 g/mol. The summed E-state index contributed by atoms with van der Waals surface area (Å²) >= 11 is 0. The minimum Gasteiger partial charge on any atom is -0.380 e. The standard InChI is InChI=1S/C14H24O2/c1-3-13(9-16-10-13)12(15-2)14-6-4-11(8-14)5-7-14/h11-12H,3-10H2,1-2H3. The van der Waals surface area contributed by atoms with Crippen molar-refractivity contribution in [2.24, 2.45) is 16.7 Å². The highest BCUT2D eigenvalue weighted by Gasteiger charge is 2.58. The predicted octanol–water partition coefficient (Wildman–Crippen LogP) is 3.01. The summed E-state index contributed by atoms with van der Waals surface area (Å²) in [6.07, 6.45) is 8.77. The second-order valence-electron chi connectivity index (χ2n) is 6.33. The topological polar surface area (TPSA) is 18.5 Å². The first-order chi connectivity index (χ1) is 7.75. The van der Waals surface area contributed by atoms with E-state index >= 15 is 0 Å². The predicted molar refractivity (Wildman–Crippen MR) is 63.3 cm³/mol. The minimum atomic E-state index is 0.341. The van der Waals surface area contributed by atoms with E-state index in [1.807, 2.05) is 7.11 Å². The van der Waals surface area contributed by atoms with Gasteiger partial charge >= 0.3 is 0 Å². The van der Waals surface area contributed by atoms with Crippen molar-refractivity contribution in [1.82, 2.24) is 0 Å². The van der Waals surface area contributed by atoms with Crippen LogP contribution in [-0.2, 0) is 9.47 Å². The van der Waals surface area contributed by atoms with Crippen LogP contribution < -0.4 is 0 Å². The number of rotatable bonds is 4. The van der Waals surface area contributed by atoms with Crippen molar-refractivity contribution in [3.63, 3.8) is 0 Å². The van der Waals surface area contributed by atoms with Crippen molar-refractivity contribution < 1.29 is 9.47 Å². The quantitative estimate of drug-likeness (QED) is 0.731. The number of ether oxygens (including phenoxy) is 2. The van der Waals surface area contributed by atoms with Crippen LogP contribution in [0.15, 0.2) is 0 Å². The first-order valence-corrected chi connectivity index (χ1v) is 6.85. The van der Waals surface area contributed by atoms with Crippen molar-refractivity contribution in [2.75, 3.05) is 20.3 Å². The molecule has 0 amide bonds. The van der Waals surface area contributed by atoms with Crippen LogP contribution in [0.25, 0.3) is 0 Å². The van der Waals surface area contributed by atoms with E-state index in [2.05, 4.69) is 6.92 Å². The summed E-state index contributed by atoms with van der Waals surface area (Å²) in [6.45, 7) is 4.15. The Morgan fingerprint density at radius 3 is 2.31 bits per heavy atom. The highest BCUT2D eigenvalue weighted by Crippen LogP contribution is 2.61. The van der Waals surface area contributed by atoms with Crippen LogP contribution in [-0.4, -0.2) is 26.4 Å². The molecule has 2 nitrogen and oxygen atoms in total. The molecule has 0 radical (unpaired) electrons. The number of hydrogen-bond donors (Lipinski definition) is 0. The Bertz CT molecular complexity index is 256. The van der Waals surface area contributed by atoms with Crippen molar-refractivity contribution in [3.05, 3.63) is 0 Å². The Kier molecular flexibility index (Phi) is 2.56. The van der Waals surface area contributed by atoms with Crippen LogP contribution in [0.2, 0.25) is 0 Å². The molecule has 0 aromatic carbocycles. The number of hydrogen-bond acceptors (Lipinski definition) is 2. The molecule has 0 N–H and O–H groups in total. The van der Waals surface area contributed by atoms with Gasteiger partial charge in [-0.3, -0.25) is 0 Å². The molecule has 16 heavy (non-hydrogen) atoms. The zero-order valence-electron chi connectivity index (χ0n) is 10.6.